The molecule has 1 saturated heterocycles. The minimum Gasteiger partial charge on any atom is -0.361 e. The standard InChI is InChI=1S/C20H25N5O3/c1-12-9-18(28-22-12)16-11-24(4)21-20(16)17-7-5-6-8-25(17)19(26)10-15-13(2)23-27-14(15)3/h9,11,17H,5-8,10H2,1-4H3. The van der Waals surface area contributed by atoms with Gasteiger partial charge in [-0.05, 0) is 40.0 Å². The van der Waals surface area contributed by atoms with Crippen LogP contribution in [0.2, 0.25) is 0 Å². The van der Waals surface area contributed by atoms with E-state index in [0.717, 1.165) is 54.0 Å². The highest BCUT2D eigenvalue weighted by atomic mass is 16.5. The lowest BCUT2D eigenvalue weighted by Crippen LogP contribution is -2.40. The van der Waals surface area contributed by atoms with E-state index in [1.54, 1.807) is 4.68 Å². The van der Waals surface area contributed by atoms with Gasteiger partial charge < -0.3 is 13.9 Å². The number of aryl methyl sites for hydroxylation is 4. The van der Waals surface area contributed by atoms with Crippen LogP contribution in [0.1, 0.15) is 53.7 Å². The van der Waals surface area contributed by atoms with Crippen molar-refractivity contribution in [1.29, 1.82) is 0 Å². The predicted octanol–water partition coefficient (Wildman–Crippen LogP) is 3.28. The molecule has 1 aliphatic heterocycles. The third kappa shape index (κ3) is 3.34. The monoisotopic (exact) mass is 383 g/mol. The maximum absolute atomic E-state index is 13.2. The van der Waals surface area contributed by atoms with Gasteiger partial charge in [0.25, 0.3) is 0 Å². The number of likely N-dealkylation sites (tertiary alicyclic amines) is 1. The Hall–Kier alpha value is -2.90. The summed E-state index contributed by atoms with van der Waals surface area (Å²) in [7, 11) is 1.88. The number of aromatic nitrogens is 4. The minimum absolute atomic E-state index is 0.0736. The first-order valence-electron chi connectivity index (χ1n) is 9.62. The zero-order valence-electron chi connectivity index (χ0n) is 16.7. The molecular weight excluding hydrogens is 358 g/mol. The summed E-state index contributed by atoms with van der Waals surface area (Å²) in [5.41, 5.74) is 4.23. The number of piperidine rings is 1. The highest BCUT2D eigenvalue weighted by Crippen LogP contribution is 2.36. The SMILES string of the molecule is Cc1cc(-c2cn(C)nc2C2CCCCN2C(=O)Cc2c(C)noc2C)on1. The van der Waals surface area contributed by atoms with E-state index in [1.165, 1.54) is 0 Å². The molecule has 3 aromatic rings. The molecule has 148 valence electrons. The highest BCUT2D eigenvalue weighted by molar-refractivity contribution is 5.80. The molecule has 4 rings (SSSR count). The molecule has 1 aliphatic rings. The molecule has 1 atom stereocenters. The molecule has 8 nitrogen and oxygen atoms in total. The van der Waals surface area contributed by atoms with Crippen LogP contribution in [0.4, 0.5) is 0 Å². The second kappa shape index (κ2) is 7.26. The fourth-order valence-corrected chi connectivity index (χ4v) is 3.95. The zero-order chi connectivity index (χ0) is 19.8. The Kier molecular flexibility index (Phi) is 4.78. The number of carbonyl (C=O) groups excluding carboxylic acids is 1. The number of amides is 1. The van der Waals surface area contributed by atoms with Crippen LogP contribution in [-0.2, 0) is 18.3 Å². The topological polar surface area (TPSA) is 90.2 Å². The third-order valence-electron chi connectivity index (χ3n) is 5.40. The van der Waals surface area contributed by atoms with Gasteiger partial charge in [0, 0.05) is 31.4 Å². The second-order valence-electron chi connectivity index (χ2n) is 7.51. The first-order chi connectivity index (χ1) is 13.4. The summed E-state index contributed by atoms with van der Waals surface area (Å²) < 4.78 is 12.5. The van der Waals surface area contributed by atoms with E-state index >= 15 is 0 Å². The van der Waals surface area contributed by atoms with E-state index in [1.807, 2.05) is 45.0 Å². The van der Waals surface area contributed by atoms with Gasteiger partial charge >= 0.3 is 0 Å². The molecule has 0 aromatic carbocycles. The van der Waals surface area contributed by atoms with Gasteiger partial charge in [-0.2, -0.15) is 5.10 Å². The Morgan fingerprint density at radius 3 is 2.71 bits per heavy atom. The molecule has 0 bridgehead atoms. The summed E-state index contributed by atoms with van der Waals surface area (Å²) in [6.07, 6.45) is 5.16. The Morgan fingerprint density at radius 1 is 1.21 bits per heavy atom. The quantitative estimate of drug-likeness (QED) is 0.687. The fraction of sp³-hybridized carbons (Fsp3) is 0.500. The van der Waals surface area contributed by atoms with Gasteiger partial charge in [0.1, 0.15) is 5.76 Å². The number of nitrogens with zero attached hydrogens (tertiary/aromatic N) is 5. The van der Waals surface area contributed by atoms with Crippen molar-refractivity contribution in [3.05, 3.63) is 40.7 Å². The van der Waals surface area contributed by atoms with Gasteiger partial charge in [-0.25, -0.2) is 0 Å². The van der Waals surface area contributed by atoms with Crippen molar-refractivity contribution < 1.29 is 13.8 Å². The van der Waals surface area contributed by atoms with Crippen LogP contribution in [0.25, 0.3) is 11.3 Å². The Labute approximate surface area is 163 Å². The summed E-state index contributed by atoms with van der Waals surface area (Å²) in [5, 5.41) is 12.7. The van der Waals surface area contributed by atoms with Crippen molar-refractivity contribution in [2.45, 2.75) is 52.5 Å². The largest absolute Gasteiger partial charge is 0.361 e. The molecule has 1 amide bonds. The first-order valence-corrected chi connectivity index (χ1v) is 9.62. The van der Waals surface area contributed by atoms with Crippen LogP contribution < -0.4 is 0 Å². The van der Waals surface area contributed by atoms with E-state index in [9.17, 15) is 4.79 Å². The minimum atomic E-state index is -0.0803. The van der Waals surface area contributed by atoms with Gasteiger partial charge in [-0.1, -0.05) is 10.3 Å². The van der Waals surface area contributed by atoms with E-state index in [2.05, 4.69) is 15.4 Å². The van der Waals surface area contributed by atoms with Gasteiger partial charge in [-0.15, -0.1) is 0 Å². The molecular formula is C20H25N5O3. The average Bonchev–Trinajstić information content (AvgIpc) is 3.36. The van der Waals surface area contributed by atoms with Crippen LogP contribution in [0.15, 0.2) is 21.3 Å². The summed E-state index contributed by atoms with van der Waals surface area (Å²) in [6, 6.07) is 1.82. The average molecular weight is 383 g/mol. The zero-order valence-corrected chi connectivity index (χ0v) is 16.7. The molecule has 0 radical (unpaired) electrons. The van der Waals surface area contributed by atoms with Crippen LogP contribution >= 0.6 is 0 Å². The first kappa shape index (κ1) is 18.5. The van der Waals surface area contributed by atoms with Gasteiger partial charge in [0.15, 0.2) is 5.76 Å². The lowest BCUT2D eigenvalue weighted by atomic mass is 9.95. The molecule has 0 spiro atoms. The second-order valence-corrected chi connectivity index (χ2v) is 7.51. The molecule has 1 fully saturated rings. The Bertz CT molecular complexity index is 980. The molecule has 0 aliphatic carbocycles. The summed E-state index contributed by atoms with van der Waals surface area (Å²) in [6.45, 7) is 6.33. The van der Waals surface area contributed by atoms with Crippen molar-refractivity contribution in [2.75, 3.05) is 6.54 Å². The smallest absolute Gasteiger partial charge is 0.227 e. The van der Waals surface area contributed by atoms with Gasteiger partial charge in [0.05, 0.1) is 35.1 Å². The highest BCUT2D eigenvalue weighted by Gasteiger charge is 2.33. The summed E-state index contributed by atoms with van der Waals surface area (Å²) >= 11 is 0. The van der Waals surface area contributed by atoms with Gasteiger partial charge in [-0.3, -0.25) is 9.48 Å². The normalized spacial score (nSPS) is 17.3. The van der Waals surface area contributed by atoms with Crippen LogP contribution in [-0.4, -0.2) is 37.4 Å². The van der Waals surface area contributed by atoms with Crippen molar-refractivity contribution in [1.82, 2.24) is 25.0 Å². The van der Waals surface area contributed by atoms with Crippen molar-refractivity contribution in [2.24, 2.45) is 7.05 Å². The van der Waals surface area contributed by atoms with Crippen molar-refractivity contribution in [3.63, 3.8) is 0 Å². The van der Waals surface area contributed by atoms with E-state index in [4.69, 9.17) is 9.05 Å². The third-order valence-corrected chi connectivity index (χ3v) is 5.40. The number of rotatable bonds is 4. The molecule has 3 aromatic heterocycles. The van der Waals surface area contributed by atoms with Crippen LogP contribution in [0, 0.1) is 20.8 Å². The Balaban J connectivity index is 1.66. The van der Waals surface area contributed by atoms with Crippen molar-refractivity contribution >= 4 is 5.91 Å². The summed E-state index contributed by atoms with van der Waals surface area (Å²) in [5.74, 6) is 1.46. The lowest BCUT2D eigenvalue weighted by Gasteiger charge is -2.35. The number of hydrogen-bond acceptors (Lipinski definition) is 6. The molecule has 4 heterocycles. The molecule has 8 heteroatoms. The number of hydrogen-bond donors (Lipinski definition) is 0. The fourth-order valence-electron chi connectivity index (χ4n) is 3.95. The predicted molar refractivity (Wildman–Crippen MR) is 101 cm³/mol. The van der Waals surface area contributed by atoms with Crippen LogP contribution in [0.3, 0.4) is 0 Å². The van der Waals surface area contributed by atoms with E-state index in [-0.39, 0.29) is 11.9 Å². The molecule has 28 heavy (non-hydrogen) atoms. The summed E-state index contributed by atoms with van der Waals surface area (Å²) in [4.78, 5) is 15.1. The van der Waals surface area contributed by atoms with Gasteiger partial charge in [0.2, 0.25) is 5.91 Å². The van der Waals surface area contributed by atoms with E-state index < -0.39 is 0 Å². The molecule has 0 saturated carbocycles. The van der Waals surface area contributed by atoms with E-state index in [0.29, 0.717) is 17.9 Å². The van der Waals surface area contributed by atoms with Crippen LogP contribution in [0.5, 0.6) is 0 Å². The maximum atomic E-state index is 13.2. The Morgan fingerprint density at radius 2 is 2.04 bits per heavy atom. The maximum Gasteiger partial charge on any atom is 0.227 e. The molecule has 1 unspecified atom stereocenters. The number of carbonyl (C=O) groups is 1. The lowest BCUT2D eigenvalue weighted by molar-refractivity contribution is -0.134. The molecule has 0 N–H and O–H groups in total. The van der Waals surface area contributed by atoms with Crippen molar-refractivity contribution in [3.8, 4) is 11.3 Å².